The molecule has 0 aromatic carbocycles. The van der Waals surface area contributed by atoms with Gasteiger partial charge in [0.05, 0.1) is 34.5 Å². The molecule has 2 atom stereocenters. The average Bonchev–Trinajstić information content (AvgIpc) is 2.38. The highest BCUT2D eigenvalue weighted by Crippen LogP contribution is 2.42. The number of ether oxygens (including phenoxy) is 1. The highest BCUT2D eigenvalue weighted by molar-refractivity contribution is 5.44. The van der Waals surface area contributed by atoms with E-state index in [1.165, 1.54) is 0 Å². The van der Waals surface area contributed by atoms with Gasteiger partial charge in [-0.3, -0.25) is 0 Å². The van der Waals surface area contributed by atoms with Gasteiger partial charge in [0.2, 0.25) is 0 Å². The summed E-state index contributed by atoms with van der Waals surface area (Å²) in [5.74, 6) is -3.83. The molecule has 0 aromatic rings. The van der Waals surface area contributed by atoms with Crippen LogP contribution in [0.25, 0.3) is 0 Å². The predicted octanol–water partition coefficient (Wildman–Crippen LogP) is 4.34. The van der Waals surface area contributed by atoms with Gasteiger partial charge < -0.3 is 4.74 Å². The van der Waals surface area contributed by atoms with Crippen molar-refractivity contribution in [2.45, 2.75) is 52.7 Å². The molecule has 1 aliphatic rings. The van der Waals surface area contributed by atoms with Gasteiger partial charge in [0, 0.05) is 11.8 Å². The Balaban J connectivity index is 3.72. The first-order valence-electron chi connectivity index (χ1n) is 6.79. The number of rotatable bonds is 0. The average molecular weight is 294 g/mol. The SMILES string of the molecule is CC1/C(C#N)=C(F)\C(F)=C(\C#N)C(C)C(C)(C)OC1(C)C. The number of allylic oxidation sites excluding steroid dienone is 2. The lowest BCUT2D eigenvalue weighted by molar-refractivity contribution is -0.155. The molecular formula is C16H20F2N2O. The van der Waals surface area contributed by atoms with Crippen LogP contribution in [0.4, 0.5) is 8.78 Å². The fraction of sp³-hybridized carbons (Fsp3) is 0.625. The van der Waals surface area contributed by atoms with Gasteiger partial charge in [-0.2, -0.15) is 10.5 Å². The van der Waals surface area contributed by atoms with Crippen molar-refractivity contribution in [3.05, 3.63) is 22.8 Å². The summed E-state index contributed by atoms with van der Waals surface area (Å²) in [4.78, 5) is 0. The fourth-order valence-corrected chi connectivity index (χ4v) is 2.46. The number of hydrogen-bond acceptors (Lipinski definition) is 3. The molecule has 21 heavy (non-hydrogen) atoms. The Morgan fingerprint density at radius 2 is 1.14 bits per heavy atom. The van der Waals surface area contributed by atoms with Crippen molar-refractivity contribution in [2.75, 3.05) is 0 Å². The third kappa shape index (κ3) is 2.99. The maximum Gasteiger partial charge on any atom is 0.173 e. The summed E-state index contributed by atoms with van der Waals surface area (Å²) in [5.41, 5.74) is -2.44. The summed E-state index contributed by atoms with van der Waals surface area (Å²) in [6.07, 6.45) is 0. The zero-order chi connectivity index (χ0) is 16.6. The molecule has 0 saturated heterocycles. The highest BCUT2D eigenvalue weighted by atomic mass is 19.2. The van der Waals surface area contributed by atoms with Crippen molar-refractivity contribution in [3.63, 3.8) is 0 Å². The van der Waals surface area contributed by atoms with E-state index < -0.39 is 34.7 Å². The monoisotopic (exact) mass is 294 g/mol. The third-order valence-corrected chi connectivity index (χ3v) is 4.38. The van der Waals surface area contributed by atoms with Crippen molar-refractivity contribution < 1.29 is 13.5 Å². The molecule has 0 N–H and O–H groups in total. The van der Waals surface area contributed by atoms with Gasteiger partial charge in [-0.1, -0.05) is 13.8 Å². The molecule has 1 aliphatic heterocycles. The van der Waals surface area contributed by atoms with Crippen LogP contribution in [0.3, 0.4) is 0 Å². The van der Waals surface area contributed by atoms with Crippen LogP contribution in [0.5, 0.6) is 0 Å². The maximum absolute atomic E-state index is 14.3. The molecule has 2 unspecified atom stereocenters. The van der Waals surface area contributed by atoms with E-state index in [0.717, 1.165) is 0 Å². The molecule has 114 valence electrons. The zero-order valence-electron chi connectivity index (χ0n) is 13.2. The summed E-state index contributed by atoms with van der Waals surface area (Å²) >= 11 is 0. The van der Waals surface area contributed by atoms with E-state index in [0.29, 0.717) is 0 Å². The molecule has 0 saturated carbocycles. The lowest BCUT2D eigenvalue weighted by atomic mass is 9.83. The van der Waals surface area contributed by atoms with Gasteiger partial charge in [-0.05, 0) is 27.7 Å². The molecule has 0 amide bonds. The van der Waals surface area contributed by atoms with Crippen LogP contribution in [0, 0.1) is 34.5 Å². The van der Waals surface area contributed by atoms with E-state index in [4.69, 9.17) is 15.3 Å². The fourth-order valence-electron chi connectivity index (χ4n) is 2.46. The highest BCUT2D eigenvalue weighted by Gasteiger charge is 2.43. The Labute approximate surface area is 124 Å². The van der Waals surface area contributed by atoms with E-state index in [2.05, 4.69) is 0 Å². The molecule has 1 heterocycles. The van der Waals surface area contributed by atoms with Crippen LogP contribution in [0.15, 0.2) is 22.8 Å². The minimum absolute atomic E-state index is 0.338. The lowest BCUT2D eigenvalue weighted by Crippen LogP contribution is -2.45. The third-order valence-electron chi connectivity index (χ3n) is 4.38. The molecule has 5 heteroatoms. The van der Waals surface area contributed by atoms with E-state index in [-0.39, 0.29) is 11.1 Å². The van der Waals surface area contributed by atoms with Gasteiger partial charge in [0.1, 0.15) is 0 Å². The molecule has 0 aliphatic carbocycles. The van der Waals surface area contributed by atoms with Crippen LogP contribution in [-0.2, 0) is 4.74 Å². The Bertz CT molecular complexity index is 536. The van der Waals surface area contributed by atoms with Crippen molar-refractivity contribution in [2.24, 2.45) is 11.8 Å². The number of halogens is 2. The summed E-state index contributed by atoms with van der Waals surface area (Å²) in [6, 6.07) is 3.43. The Morgan fingerprint density at radius 3 is 1.38 bits per heavy atom. The maximum atomic E-state index is 14.3. The van der Waals surface area contributed by atoms with Crippen LogP contribution < -0.4 is 0 Å². The topological polar surface area (TPSA) is 56.8 Å². The molecule has 0 bridgehead atoms. The molecule has 0 fully saturated rings. The first-order chi connectivity index (χ1) is 9.49. The normalized spacial score (nSPS) is 35.9. The summed E-state index contributed by atoms with van der Waals surface area (Å²) in [6.45, 7) is 10.1. The lowest BCUT2D eigenvalue weighted by Gasteiger charge is -2.41. The summed E-state index contributed by atoms with van der Waals surface area (Å²) < 4.78 is 34.7. The minimum atomic E-state index is -1.26. The van der Waals surface area contributed by atoms with Crippen LogP contribution in [-0.4, -0.2) is 11.2 Å². The van der Waals surface area contributed by atoms with Gasteiger partial charge in [-0.25, -0.2) is 8.78 Å². The zero-order valence-corrected chi connectivity index (χ0v) is 13.2. The second-order valence-corrected chi connectivity index (χ2v) is 6.43. The molecule has 0 spiro atoms. The van der Waals surface area contributed by atoms with Gasteiger partial charge >= 0.3 is 0 Å². The number of hydrogen-bond donors (Lipinski definition) is 0. The first-order valence-corrected chi connectivity index (χ1v) is 6.79. The molecule has 0 aromatic heterocycles. The van der Waals surface area contributed by atoms with E-state index >= 15 is 0 Å². The smallest absolute Gasteiger partial charge is 0.173 e. The van der Waals surface area contributed by atoms with E-state index in [1.807, 2.05) is 0 Å². The van der Waals surface area contributed by atoms with Crippen molar-refractivity contribution in [1.82, 2.24) is 0 Å². The molecule has 1 rings (SSSR count). The number of nitriles is 2. The Morgan fingerprint density at radius 1 is 0.857 bits per heavy atom. The van der Waals surface area contributed by atoms with Crippen molar-refractivity contribution in [1.29, 1.82) is 10.5 Å². The summed E-state index contributed by atoms with van der Waals surface area (Å²) in [5, 5.41) is 18.3. The van der Waals surface area contributed by atoms with Gasteiger partial charge in [0.15, 0.2) is 11.7 Å². The second-order valence-electron chi connectivity index (χ2n) is 6.43. The van der Waals surface area contributed by atoms with E-state index in [9.17, 15) is 8.78 Å². The molecule has 3 nitrogen and oxygen atoms in total. The van der Waals surface area contributed by atoms with Crippen LogP contribution in [0.2, 0.25) is 0 Å². The van der Waals surface area contributed by atoms with Crippen LogP contribution in [0.1, 0.15) is 41.5 Å². The minimum Gasteiger partial charge on any atom is -0.368 e. The predicted molar refractivity (Wildman–Crippen MR) is 75.1 cm³/mol. The Hall–Kier alpha value is -1.72. The quantitative estimate of drug-likeness (QED) is 0.667. The standard InChI is InChI=1S/C16H20F2N2O/c1-9-11(7-19)13(17)14(18)12(8-20)10(2)16(5,6)21-15(9,3)4/h9-10H,1-6H3/b13-11+,14-12+. The Kier molecular flexibility index (Phi) is 4.60. The second kappa shape index (κ2) is 5.58. The van der Waals surface area contributed by atoms with Crippen molar-refractivity contribution >= 4 is 0 Å². The van der Waals surface area contributed by atoms with Crippen molar-refractivity contribution in [3.8, 4) is 12.1 Å². The van der Waals surface area contributed by atoms with E-state index in [1.54, 1.807) is 53.7 Å². The molecular weight excluding hydrogens is 274 g/mol. The summed E-state index contributed by atoms with van der Waals surface area (Å²) in [7, 11) is 0. The van der Waals surface area contributed by atoms with Crippen LogP contribution >= 0.6 is 0 Å². The van der Waals surface area contributed by atoms with Gasteiger partial charge in [-0.15, -0.1) is 0 Å². The molecule has 0 radical (unpaired) electrons. The first kappa shape index (κ1) is 17.3. The largest absolute Gasteiger partial charge is 0.368 e. The number of nitrogens with zero attached hydrogens (tertiary/aromatic N) is 2. The van der Waals surface area contributed by atoms with Gasteiger partial charge in [0.25, 0.3) is 0 Å².